The predicted octanol–water partition coefficient (Wildman–Crippen LogP) is 26.5. The fraction of sp³-hybridized carbons (Fsp3) is 0.954. The fourth-order valence-electron chi connectivity index (χ4n) is 13.4. The zero-order valence-electron chi connectivity index (χ0n) is 69.9. The van der Waals surface area contributed by atoms with E-state index in [0.717, 1.165) is 114 Å². The third-order valence-corrected chi connectivity index (χ3v) is 23.4. The van der Waals surface area contributed by atoms with Gasteiger partial charge in [-0.05, 0) is 43.4 Å². The van der Waals surface area contributed by atoms with Crippen molar-refractivity contribution in [2.45, 2.75) is 478 Å². The average molecular weight is 1550 g/mol. The Morgan fingerprint density at radius 2 is 0.453 bits per heavy atom. The highest BCUT2D eigenvalue weighted by molar-refractivity contribution is 7.47. The van der Waals surface area contributed by atoms with Crippen molar-refractivity contribution < 1.29 is 80.2 Å². The van der Waals surface area contributed by atoms with E-state index in [1.807, 2.05) is 0 Å². The number of phosphoric acid groups is 2. The summed E-state index contributed by atoms with van der Waals surface area (Å²) in [6.45, 7) is 12.1. The molecule has 0 aliphatic rings. The number of esters is 4. The number of ether oxygens (including phenoxy) is 4. The van der Waals surface area contributed by atoms with Crippen molar-refractivity contribution in [1.29, 1.82) is 0 Å². The van der Waals surface area contributed by atoms with Gasteiger partial charge in [0.25, 0.3) is 0 Å². The number of carbonyl (C=O) groups is 4. The van der Waals surface area contributed by atoms with Gasteiger partial charge in [0.1, 0.15) is 19.3 Å². The highest BCUT2D eigenvalue weighted by Gasteiger charge is 2.31. The topological polar surface area (TPSA) is 237 Å². The van der Waals surface area contributed by atoms with Crippen LogP contribution in [0.4, 0.5) is 0 Å². The molecule has 630 valence electrons. The molecule has 0 aromatic carbocycles. The Kier molecular flexibility index (Phi) is 75.6. The van der Waals surface area contributed by atoms with Gasteiger partial charge in [-0.1, -0.05) is 408 Å². The molecule has 19 heteroatoms. The number of phosphoric ester groups is 2. The lowest BCUT2D eigenvalue weighted by molar-refractivity contribution is -0.161. The largest absolute Gasteiger partial charge is 0.472 e. The number of rotatable bonds is 85. The van der Waals surface area contributed by atoms with E-state index in [-0.39, 0.29) is 25.7 Å². The van der Waals surface area contributed by atoms with Crippen LogP contribution in [0, 0.1) is 17.8 Å². The standard InChI is InChI=1S/C87H170O17P2/c1-8-12-13-14-15-47-54-61-68-84(89)97-74-82(103-87(92)71-64-57-50-43-37-36-40-46-53-60-67-80(7)11-4)76-101-105(93,94)99-72-81(88)73-100-106(95,96)102-77-83(104-86(91)70-63-56-49-42-35-31-27-23-19-17-21-25-29-33-39-45-52-59-66-79(6)10-3)75-98-85(90)69-62-55-48-41-34-30-26-22-18-16-20-24-28-32-38-44-51-58-65-78(5)9-2/h78-83,88H,8-77H2,1-7H3,(H,93,94)(H,95,96)/t78?,79?,80?,81-,82+,83+/m0/s1. The van der Waals surface area contributed by atoms with Gasteiger partial charge in [-0.15, -0.1) is 0 Å². The van der Waals surface area contributed by atoms with Crippen molar-refractivity contribution in [3.63, 3.8) is 0 Å². The summed E-state index contributed by atoms with van der Waals surface area (Å²) in [6, 6.07) is 0. The number of aliphatic hydroxyl groups excluding tert-OH is 1. The van der Waals surface area contributed by atoms with Gasteiger partial charge in [0.15, 0.2) is 12.2 Å². The molecule has 0 amide bonds. The maximum atomic E-state index is 13.2. The van der Waals surface area contributed by atoms with E-state index in [1.54, 1.807) is 0 Å². The number of hydrogen-bond donors (Lipinski definition) is 3. The summed E-state index contributed by atoms with van der Waals surface area (Å²) in [4.78, 5) is 73.1. The first-order valence-corrected chi connectivity index (χ1v) is 48.0. The molecule has 8 atom stereocenters. The third-order valence-electron chi connectivity index (χ3n) is 21.5. The SMILES string of the molecule is CCCCCCCCCCC(=O)OC[C@H](COP(=O)(O)OC[C@H](O)COP(=O)(O)OC[C@@H](COC(=O)CCCCCCCCCCCCCCCCCCCCC(C)CC)OC(=O)CCCCCCCCCCCCCCCCCCCCC(C)CC)OC(=O)CCCCCCCCCCCCC(C)CC. The minimum atomic E-state index is -4.97. The molecular weight excluding hydrogens is 1380 g/mol. The molecule has 5 unspecified atom stereocenters. The molecule has 17 nitrogen and oxygen atoms in total. The van der Waals surface area contributed by atoms with Gasteiger partial charge in [0, 0.05) is 25.7 Å². The minimum Gasteiger partial charge on any atom is -0.462 e. The summed E-state index contributed by atoms with van der Waals surface area (Å²) in [6.07, 6.45) is 68.1. The Morgan fingerprint density at radius 1 is 0.264 bits per heavy atom. The number of hydrogen-bond acceptors (Lipinski definition) is 15. The highest BCUT2D eigenvalue weighted by Crippen LogP contribution is 2.45. The maximum absolute atomic E-state index is 13.2. The second-order valence-corrected chi connectivity index (χ2v) is 34.9. The van der Waals surface area contributed by atoms with Crippen LogP contribution in [0.2, 0.25) is 0 Å². The van der Waals surface area contributed by atoms with Crippen LogP contribution in [0.25, 0.3) is 0 Å². The zero-order valence-corrected chi connectivity index (χ0v) is 71.7. The lowest BCUT2D eigenvalue weighted by Gasteiger charge is -2.21. The van der Waals surface area contributed by atoms with Crippen molar-refractivity contribution in [1.82, 2.24) is 0 Å². The van der Waals surface area contributed by atoms with E-state index in [0.29, 0.717) is 25.7 Å². The smallest absolute Gasteiger partial charge is 0.462 e. The lowest BCUT2D eigenvalue weighted by Crippen LogP contribution is -2.30. The summed E-state index contributed by atoms with van der Waals surface area (Å²) in [7, 11) is -9.92. The molecular formula is C87H170O17P2. The maximum Gasteiger partial charge on any atom is 0.472 e. The van der Waals surface area contributed by atoms with Crippen LogP contribution in [0.5, 0.6) is 0 Å². The Morgan fingerprint density at radius 3 is 0.670 bits per heavy atom. The first-order chi connectivity index (χ1) is 51.3. The Labute approximate surface area is 651 Å². The molecule has 0 aliphatic heterocycles. The molecule has 106 heavy (non-hydrogen) atoms. The Hall–Kier alpha value is -1.94. The fourth-order valence-corrected chi connectivity index (χ4v) is 15.0. The van der Waals surface area contributed by atoms with Crippen LogP contribution in [-0.4, -0.2) is 96.7 Å². The van der Waals surface area contributed by atoms with Gasteiger partial charge in [-0.2, -0.15) is 0 Å². The van der Waals surface area contributed by atoms with Crippen LogP contribution >= 0.6 is 15.6 Å². The molecule has 0 aromatic rings. The number of carbonyl (C=O) groups excluding carboxylic acids is 4. The van der Waals surface area contributed by atoms with E-state index >= 15 is 0 Å². The van der Waals surface area contributed by atoms with E-state index in [4.69, 9.17) is 37.0 Å². The van der Waals surface area contributed by atoms with E-state index in [9.17, 15) is 43.2 Å². The van der Waals surface area contributed by atoms with Crippen LogP contribution in [-0.2, 0) is 65.4 Å². The second-order valence-electron chi connectivity index (χ2n) is 32.0. The van der Waals surface area contributed by atoms with Crippen LogP contribution in [0.3, 0.4) is 0 Å². The zero-order chi connectivity index (χ0) is 77.9. The summed E-state index contributed by atoms with van der Waals surface area (Å²) in [5.41, 5.74) is 0. The molecule has 0 radical (unpaired) electrons. The van der Waals surface area contributed by atoms with E-state index in [1.165, 1.54) is 263 Å². The highest BCUT2D eigenvalue weighted by atomic mass is 31.2. The normalized spacial score (nSPS) is 14.6. The van der Waals surface area contributed by atoms with Gasteiger partial charge in [0.05, 0.1) is 26.4 Å². The monoisotopic (exact) mass is 1550 g/mol. The predicted molar refractivity (Wildman–Crippen MR) is 437 cm³/mol. The summed E-state index contributed by atoms with van der Waals surface area (Å²) in [5.74, 6) is 0.441. The van der Waals surface area contributed by atoms with Gasteiger partial charge >= 0.3 is 39.5 Å². The molecule has 3 N–H and O–H groups in total. The molecule has 0 rings (SSSR count). The molecule has 0 bridgehead atoms. The molecule has 0 spiro atoms. The second kappa shape index (κ2) is 77.0. The number of unbranched alkanes of at least 4 members (excludes halogenated alkanes) is 50. The van der Waals surface area contributed by atoms with Gasteiger partial charge < -0.3 is 33.8 Å². The van der Waals surface area contributed by atoms with Gasteiger partial charge in [-0.3, -0.25) is 37.3 Å². The molecule has 0 aromatic heterocycles. The van der Waals surface area contributed by atoms with Crippen molar-refractivity contribution in [2.24, 2.45) is 17.8 Å². The first kappa shape index (κ1) is 104. The van der Waals surface area contributed by atoms with Crippen LogP contribution in [0.1, 0.15) is 459 Å². The Bertz CT molecular complexity index is 2050. The van der Waals surface area contributed by atoms with Crippen molar-refractivity contribution in [3.8, 4) is 0 Å². The molecule has 0 saturated carbocycles. The van der Waals surface area contributed by atoms with E-state index in [2.05, 4.69) is 48.5 Å². The average Bonchev–Trinajstić information content (AvgIpc) is 0.908. The van der Waals surface area contributed by atoms with Crippen LogP contribution < -0.4 is 0 Å². The van der Waals surface area contributed by atoms with Crippen molar-refractivity contribution >= 4 is 39.5 Å². The third kappa shape index (κ3) is 76.1. The van der Waals surface area contributed by atoms with Gasteiger partial charge in [0.2, 0.25) is 0 Å². The van der Waals surface area contributed by atoms with Gasteiger partial charge in [-0.25, -0.2) is 9.13 Å². The van der Waals surface area contributed by atoms with Crippen molar-refractivity contribution in [2.75, 3.05) is 39.6 Å². The van der Waals surface area contributed by atoms with E-state index < -0.39 is 97.5 Å². The van der Waals surface area contributed by atoms with Crippen molar-refractivity contribution in [3.05, 3.63) is 0 Å². The lowest BCUT2D eigenvalue weighted by atomic mass is 9.99. The van der Waals surface area contributed by atoms with Crippen LogP contribution in [0.15, 0.2) is 0 Å². The molecule has 0 fully saturated rings. The quantitative estimate of drug-likeness (QED) is 0.0222. The summed E-state index contributed by atoms with van der Waals surface area (Å²) in [5, 5.41) is 10.7. The Balaban J connectivity index is 5.18. The summed E-state index contributed by atoms with van der Waals surface area (Å²) >= 11 is 0. The first-order valence-electron chi connectivity index (χ1n) is 45.0. The molecule has 0 saturated heterocycles. The number of aliphatic hydroxyl groups is 1. The minimum absolute atomic E-state index is 0.106. The molecule has 0 aliphatic carbocycles. The summed E-state index contributed by atoms with van der Waals surface area (Å²) < 4.78 is 68.8. The molecule has 0 heterocycles.